The van der Waals surface area contributed by atoms with Crippen molar-refractivity contribution in [3.63, 3.8) is 0 Å². The maximum Gasteiger partial charge on any atom is 0.418 e. The van der Waals surface area contributed by atoms with Crippen LogP contribution in [0.4, 0.5) is 13.2 Å². The molecule has 0 saturated carbocycles. The van der Waals surface area contributed by atoms with Gasteiger partial charge in [-0.05, 0) is 29.9 Å². The van der Waals surface area contributed by atoms with Crippen molar-refractivity contribution < 1.29 is 18.0 Å². The molecule has 10 heteroatoms. The average Bonchev–Trinajstić information content (AvgIpc) is 2.70. The minimum absolute atomic E-state index is 0.110. The topological polar surface area (TPSA) is 86.0 Å². The first-order valence-corrected chi connectivity index (χ1v) is 8.78. The van der Waals surface area contributed by atoms with Crippen LogP contribution < -0.4 is 21.6 Å². The van der Waals surface area contributed by atoms with E-state index in [1.165, 1.54) is 6.07 Å². The zero-order valence-electron chi connectivity index (χ0n) is 14.8. The van der Waals surface area contributed by atoms with Crippen LogP contribution in [-0.4, -0.2) is 16.0 Å². The van der Waals surface area contributed by atoms with Gasteiger partial charge < -0.3 is 10.3 Å². The number of fused-ring (bicyclic) bond motifs is 1. The Morgan fingerprint density at radius 1 is 1.03 bits per heavy atom. The lowest BCUT2D eigenvalue weighted by atomic mass is 10.1. The van der Waals surface area contributed by atoms with Gasteiger partial charge in [0.1, 0.15) is 5.56 Å². The average molecular weight is 420 g/mol. The van der Waals surface area contributed by atoms with Gasteiger partial charge in [-0.25, -0.2) is 0 Å². The predicted octanol–water partition coefficient (Wildman–Crippen LogP) is 2.86. The molecule has 0 unspecified atom stereocenters. The fraction of sp³-hybridized carbons (Fsp3) is 0.105. The van der Waals surface area contributed by atoms with Crippen LogP contribution >= 0.6 is 12.2 Å². The van der Waals surface area contributed by atoms with Gasteiger partial charge in [0.25, 0.3) is 5.91 Å². The van der Waals surface area contributed by atoms with E-state index in [0.29, 0.717) is 6.54 Å². The van der Waals surface area contributed by atoms with E-state index < -0.39 is 23.1 Å². The number of hydrazine groups is 1. The second kappa shape index (κ2) is 8.31. The molecule has 0 atom stereocenters. The van der Waals surface area contributed by atoms with Crippen molar-refractivity contribution in [3.8, 4) is 0 Å². The number of halogens is 3. The first kappa shape index (κ1) is 20.3. The molecule has 2 aromatic carbocycles. The molecule has 0 bridgehead atoms. The largest absolute Gasteiger partial charge is 0.418 e. The number of alkyl halides is 3. The summed E-state index contributed by atoms with van der Waals surface area (Å²) in [5.41, 5.74) is 3.13. The highest BCUT2D eigenvalue weighted by Gasteiger charge is 2.33. The van der Waals surface area contributed by atoms with Crippen LogP contribution in [0.2, 0.25) is 0 Å². The maximum atomic E-state index is 13.1. The second-order valence-corrected chi connectivity index (χ2v) is 6.41. The summed E-state index contributed by atoms with van der Waals surface area (Å²) in [6.07, 6.45) is -3.69. The zero-order chi connectivity index (χ0) is 21.0. The van der Waals surface area contributed by atoms with Gasteiger partial charge in [0, 0.05) is 18.1 Å². The third-order valence-electron chi connectivity index (χ3n) is 4.05. The number of benzene rings is 2. The van der Waals surface area contributed by atoms with Crippen molar-refractivity contribution in [3.05, 3.63) is 81.6 Å². The fourth-order valence-electron chi connectivity index (χ4n) is 2.66. The molecule has 1 heterocycles. The van der Waals surface area contributed by atoms with Crippen LogP contribution in [-0.2, 0) is 12.7 Å². The zero-order valence-corrected chi connectivity index (χ0v) is 15.6. The highest BCUT2D eigenvalue weighted by atomic mass is 32.1. The van der Waals surface area contributed by atoms with E-state index in [-0.39, 0.29) is 21.6 Å². The van der Waals surface area contributed by atoms with E-state index in [1.807, 2.05) is 30.3 Å². The number of hydrogen-bond acceptors (Lipinski definition) is 3. The molecule has 1 amide bonds. The number of pyridine rings is 1. The molecule has 0 fully saturated rings. The van der Waals surface area contributed by atoms with E-state index >= 15 is 0 Å². The Kier molecular flexibility index (Phi) is 5.83. The van der Waals surface area contributed by atoms with Gasteiger partial charge in [-0.3, -0.25) is 20.4 Å². The molecule has 0 saturated heterocycles. The SMILES string of the molecule is O=C(NNC(=S)NCc1ccccc1)c1c[nH]c2c(C(F)(F)F)cccc2c1=O. The van der Waals surface area contributed by atoms with E-state index in [4.69, 9.17) is 12.2 Å². The van der Waals surface area contributed by atoms with Gasteiger partial charge in [0.05, 0.1) is 11.1 Å². The lowest BCUT2D eigenvalue weighted by molar-refractivity contribution is -0.136. The Hall–Kier alpha value is -3.40. The number of aromatic amines is 1. The molecule has 0 aliphatic rings. The molecule has 0 aliphatic carbocycles. The summed E-state index contributed by atoms with van der Waals surface area (Å²) < 4.78 is 39.2. The molecular weight excluding hydrogens is 405 g/mol. The lowest BCUT2D eigenvalue weighted by Gasteiger charge is -2.13. The molecule has 3 rings (SSSR count). The minimum atomic E-state index is -4.63. The maximum absolute atomic E-state index is 13.1. The summed E-state index contributed by atoms with van der Waals surface area (Å²) in [4.78, 5) is 27.1. The molecule has 3 aromatic rings. The number of H-pyrrole nitrogens is 1. The summed E-state index contributed by atoms with van der Waals surface area (Å²) >= 11 is 5.04. The number of rotatable bonds is 3. The number of para-hydroxylation sites is 1. The summed E-state index contributed by atoms with van der Waals surface area (Å²) in [5.74, 6) is -0.838. The van der Waals surface area contributed by atoms with Crippen LogP contribution in [0.3, 0.4) is 0 Å². The normalized spacial score (nSPS) is 11.1. The van der Waals surface area contributed by atoms with Crippen LogP contribution in [0, 0.1) is 0 Å². The molecule has 0 radical (unpaired) electrons. The van der Waals surface area contributed by atoms with Gasteiger partial charge in [-0.15, -0.1) is 0 Å². The fourth-order valence-corrected chi connectivity index (χ4v) is 2.78. The minimum Gasteiger partial charge on any atom is -0.360 e. The highest BCUT2D eigenvalue weighted by molar-refractivity contribution is 7.80. The number of hydrogen-bond donors (Lipinski definition) is 4. The summed E-state index contributed by atoms with van der Waals surface area (Å²) in [6.45, 7) is 0.416. The third-order valence-corrected chi connectivity index (χ3v) is 4.30. The van der Waals surface area contributed by atoms with Crippen molar-refractivity contribution in [1.29, 1.82) is 0 Å². The van der Waals surface area contributed by atoms with Crippen LogP contribution in [0.25, 0.3) is 10.9 Å². The van der Waals surface area contributed by atoms with Crippen LogP contribution in [0.15, 0.2) is 59.5 Å². The van der Waals surface area contributed by atoms with E-state index in [0.717, 1.165) is 23.9 Å². The summed E-state index contributed by atoms with van der Waals surface area (Å²) in [5, 5.41) is 2.74. The predicted molar refractivity (Wildman–Crippen MR) is 106 cm³/mol. The second-order valence-electron chi connectivity index (χ2n) is 6.00. The number of aromatic nitrogens is 1. The smallest absolute Gasteiger partial charge is 0.360 e. The van der Waals surface area contributed by atoms with Gasteiger partial charge >= 0.3 is 6.18 Å². The first-order chi connectivity index (χ1) is 13.8. The van der Waals surface area contributed by atoms with Gasteiger partial charge in [0.2, 0.25) is 5.43 Å². The monoisotopic (exact) mass is 420 g/mol. The van der Waals surface area contributed by atoms with Crippen molar-refractivity contribution in [2.45, 2.75) is 12.7 Å². The Morgan fingerprint density at radius 3 is 2.45 bits per heavy atom. The molecule has 4 N–H and O–H groups in total. The van der Waals surface area contributed by atoms with E-state index in [2.05, 4.69) is 21.2 Å². The number of thiocarbonyl (C=S) groups is 1. The molecular formula is C19H15F3N4O2S. The number of amides is 1. The van der Waals surface area contributed by atoms with Crippen molar-refractivity contribution in [2.75, 3.05) is 0 Å². The van der Waals surface area contributed by atoms with Gasteiger partial charge in [-0.2, -0.15) is 13.2 Å². The van der Waals surface area contributed by atoms with Crippen molar-refractivity contribution >= 4 is 34.1 Å². The summed E-state index contributed by atoms with van der Waals surface area (Å²) in [6, 6.07) is 12.6. The number of carbonyl (C=O) groups is 1. The van der Waals surface area contributed by atoms with E-state index in [9.17, 15) is 22.8 Å². The standard InChI is InChI=1S/C19H15F3N4O2S/c20-19(21,22)14-8-4-7-12-15(14)23-10-13(16(12)27)17(28)25-26-18(29)24-9-11-5-2-1-3-6-11/h1-8,10H,9H2,(H,23,27)(H,25,28)(H2,24,26,29). The van der Waals surface area contributed by atoms with Gasteiger partial charge in [0.15, 0.2) is 5.11 Å². The Morgan fingerprint density at radius 2 is 1.76 bits per heavy atom. The third kappa shape index (κ3) is 4.72. The molecule has 0 aliphatic heterocycles. The highest BCUT2D eigenvalue weighted by Crippen LogP contribution is 2.32. The van der Waals surface area contributed by atoms with Crippen molar-refractivity contribution in [2.24, 2.45) is 0 Å². The first-order valence-electron chi connectivity index (χ1n) is 8.37. The van der Waals surface area contributed by atoms with Crippen LogP contribution in [0.5, 0.6) is 0 Å². The van der Waals surface area contributed by atoms with E-state index in [1.54, 1.807) is 0 Å². The Balaban J connectivity index is 1.70. The molecule has 0 spiro atoms. The van der Waals surface area contributed by atoms with Gasteiger partial charge in [-0.1, -0.05) is 36.4 Å². The molecule has 150 valence electrons. The molecule has 1 aromatic heterocycles. The summed E-state index contributed by atoms with van der Waals surface area (Å²) in [7, 11) is 0. The molecule has 29 heavy (non-hydrogen) atoms. The molecule has 6 nitrogen and oxygen atoms in total. The van der Waals surface area contributed by atoms with Crippen molar-refractivity contribution in [1.82, 2.24) is 21.2 Å². The number of carbonyl (C=O) groups excluding carboxylic acids is 1. The Bertz CT molecular complexity index is 1110. The van der Waals surface area contributed by atoms with Crippen LogP contribution in [0.1, 0.15) is 21.5 Å². The quantitative estimate of drug-likeness (QED) is 0.387. The number of nitrogens with one attached hydrogen (secondary N) is 4. The lowest BCUT2D eigenvalue weighted by Crippen LogP contribution is -2.47. The Labute approximate surface area is 168 Å².